The van der Waals surface area contributed by atoms with Gasteiger partial charge in [0.2, 0.25) is 11.8 Å². The number of aromatic hydroxyl groups is 1. The highest BCUT2D eigenvalue weighted by Gasteiger charge is 2.60. The van der Waals surface area contributed by atoms with Gasteiger partial charge in [-0.1, -0.05) is 31.4 Å². The summed E-state index contributed by atoms with van der Waals surface area (Å²) in [6, 6.07) is 5.67. The molecule has 8 nitrogen and oxygen atoms in total. The number of hydroxylamine groups is 2. The second-order valence-electron chi connectivity index (χ2n) is 7.47. The zero-order valence-electron chi connectivity index (χ0n) is 14.9. The van der Waals surface area contributed by atoms with E-state index in [1.807, 2.05) is 0 Å². The molecule has 2 saturated heterocycles. The Labute approximate surface area is 156 Å². The number of benzene rings is 1. The van der Waals surface area contributed by atoms with Crippen LogP contribution in [0.1, 0.15) is 43.7 Å². The Morgan fingerprint density at radius 3 is 2.41 bits per heavy atom. The van der Waals surface area contributed by atoms with E-state index in [1.54, 1.807) is 12.1 Å². The third kappa shape index (κ3) is 3.08. The van der Waals surface area contributed by atoms with Gasteiger partial charge >= 0.3 is 0 Å². The summed E-state index contributed by atoms with van der Waals surface area (Å²) in [5, 5.41) is 10.9. The fraction of sp³-hybridized carbons (Fsp3) is 0.526. The highest BCUT2D eigenvalue weighted by Crippen LogP contribution is 2.46. The third-order valence-electron chi connectivity index (χ3n) is 5.72. The summed E-state index contributed by atoms with van der Waals surface area (Å²) in [4.78, 5) is 44.8. The minimum atomic E-state index is -0.933. The van der Waals surface area contributed by atoms with Crippen molar-refractivity contribution in [2.45, 2.75) is 50.3 Å². The van der Waals surface area contributed by atoms with Crippen molar-refractivity contribution in [3.8, 4) is 5.75 Å². The Morgan fingerprint density at radius 2 is 1.78 bits per heavy atom. The average molecular weight is 373 g/mol. The number of nitrogens with two attached hydrogens (primary N) is 1. The Balaban J connectivity index is 1.67. The minimum absolute atomic E-state index is 0.0713. The van der Waals surface area contributed by atoms with Gasteiger partial charge in [0.25, 0.3) is 5.91 Å². The zero-order valence-corrected chi connectivity index (χ0v) is 14.9. The number of amides is 3. The summed E-state index contributed by atoms with van der Waals surface area (Å²) in [6.45, 7) is -0.220. The molecule has 3 fully saturated rings. The smallest absolute Gasteiger partial charge is 0.261 e. The van der Waals surface area contributed by atoms with Crippen molar-refractivity contribution in [2.24, 2.45) is 11.7 Å². The van der Waals surface area contributed by atoms with Gasteiger partial charge in [0.1, 0.15) is 12.3 Å². The summed E-state index contributed by atoms with van der Waals surface area (Å²) < 4.78 is 0. The van der Waals surface area contributed by atoms with Crippen LogP contribution in [0.5, 0.6) is 5.75 Å². The van der Waals surface area contributed by atoms with E-state index in [0.29, 0.717) is 5.56 Å². The average Bonchev–Trinajstić information content (AvgIpc) is 3.12. The summed E-state index contributed by atoms with van der Waals surface area (Å²) in [6.07, 6.45) is 3.86. The third-order valence-corrected chi connectivity index (χ3v) is 5.72. The SMILES string of the molecule is NC(=O)CN1OC2C(=O)N(C3CCCCC3)C(=O)C2C1c1ccc(O)cc1. The van der Waals surface area contributed by atoms with Crippen LogP contribution in [0.15, 0.2) is 24.3 Å². The number of fused-ring (bicyclic) bond motifs is 1. The number of phenolic OH excluding ortho intramolecular Hbond substituents is 1. The lowest BCUT2D eigenvalue weighted by atomic mass is 9.90. The number of primary amides is 1. The van der Waals surface area contributed by atoms with Gasteiger partial charge in [-0.15, -0.1) is 0 Å². The molecule has 27 heavy (non-hydrogen) atoms. The number of hydrogen-bond acceptors (Lipinski definition) is 6. The molecule has 2 heterocycles. The lowest BCUT2D eigenvalue weighted by Gasteiger charge is -2.32. The van der Waals surface area contributed by atoms with E-state index in [1.165, 1.54) is 22.1 Å². The number of carbonyl (C=O) groups excluding carboxylic acids is 3. The highest BCUT2D eigenvalue weighted by atomic mass is 16.7. The Morgan fingerprint density at radius 1 is 1.11 bits per heavy atom. The van der Waals surface area contributed by atoms with Gasteiger partial charge in [0.15, 0.2) is 6.10 Å². The van der Waals surface area contributed by atoms with E-state index in [4.69, 9.17) is 10.6 Å². The number of likely N-dealkylation sites (tertiary alicyclic amines) is 1. The summed E-state index contributed by atoms with van der Waals surface area (Å²) in [7, 11) is 0. The van der Waals surface area contributed by atoms with Crippen LogP contribution in [-0.2, 0) is 19.2 Å². The normalized spacial score (nSPS) is 29.3. The summed E-state index contributed by atoms with van der Waals surface area (Å²) in [5.41, 5.74) is 6.01. The molecule has 8 heteroatoms. The molecule has 0 spiro atoms. The molecular formula is C19H23N3O5. The molecule has 3 aliphatic rings. The Bertz CT molecular complexity index is 759. The molecule has 3 atom stereocenters. The quantitative estimate of drug-likeness (QED) is 0.757. The maximum atomic E-state index is 13.2. The van der Waals surface area contributed by atoms with Gasteiger partial charge in [-0.3, -0.25) is 24.1 Å². The number of nitrogens with zero attached hydrogens (tertiary/aromatic N) is 2. The van der Waals surface area contributed by atoms with Gasteiger partial charge in [0, 0.05) is 6.04 Å². The molecule has 1 aromatic carbocycles. The molecule has 0 bridgehead atoms. The van der Waals surface area contributed by atoms with E-state index >= 15 is 0 Å². The summed E-state index contributed by atoms with van der Waals surface area (Å²) in [5.74, 6) is -1.81. The van der Waals surface area contributed by atoms with E-state index in [-0.39, 0.29) is 30.2 Å². The van der Waals surface area contributed by atoms with Crippen LogP contribution in [0, 0.1) is 5.92 Å². The first-order valence-corrected chi connectivity index (χ1v) is 9.35. The van der Waals surface area contributed by atoms with Crippen LogP contribution in [0.4, 0.5) is 0 Å². The van der Waals surface area contributed by atoms with E-state index in [9.17, 15) is 19.5 Å². The molecule has 3 amide bonds. The van der Waals surface area contributed by atoms with E-state index in [0.717, 1.165) is 32.1 Å². The second-order valence-corrected chi connectivity index (χ2v) is 7.47. The van der Waals surface area contributed by atoms with Gasteiger partial charge < -0.3 is 10.8 Å². The van der Waals surface area contributed by atoms with Crippen molar-refractivity contribution in [1.82, 2.24) is 9.96 Å². The Hall–Kier alpha value is -2.45. The molecule has 1 aromatic rings. The molecular weight excluding hydrogens is 350 g/mol. The molecule has 4 rings (SSSR count). The van der Waals surface area contributed by atoms with E-state index < -0.39 is 24.0 Å². The number of carbonyl (C=O) groups is 3. The van der Waals surface area contributed by atoms with Crippen LogP contribution in [0.25, 0.3) is 0 Å². The molecule has 3 N–H and O–H groups in total. The standard InChI is InChI=1S/C19H23N3O5/c20-14(24)10-21-16(11-6-8-13(23)9-7-11)15-17(27-21)19(26)22(18(15)25)12-4-2-1-3-5-12/h6-9,12,15-17,23H,1-5,10H2,(H2,20,24). The van der Waals surface area contributed by atoms with Crippen molar-refractivity contribution in [1.29, 1.82) is 0 Å². The van der Waals surface area contributed by atoms with E-state index in [2.05, 4.69) is 0 Å². The fourth-order valence-corrected chi connectivity index (χ4v) is 4.52. The van der Waals surface area contributed by atoms with Crippen molar-refractivity contribution in [2.75, 3.05) is 6.54 Å². The van der Waals surface area contributed by atoms with Crippen molar-refractivity contribution in [3.05, 3.63) is 29.8 Å². The lowest BCUT2D eigenvalue weighted by Crippen LogP contribution is -2.45. The molecule has 144 valence electrons. The maximum Gasteiger partial charge on any atom is 0.261 e. The van der Waals surface area contributed by atoms with Crippen molar-refractivity contribution < 1.29 is 24.3 Å². The Kier molecular flexibility index (Phi) is 4.61. The topological polar surface area (TPSA) is 113 Å². The number of imide groups is 1. The number of phenols is 1. The van der Waals surface area contributed by atoms with Crippen LogP contribution < -0.4 is 5.73 Å². The van der Waals surface area contributed by atoms with Gasteiger partial charge in [-0.2, -0.15) is 5.06 Å². The molecule has 2 aliphatic heterocycles. The first-order chi connectivity index (χ1) is 13.0. The predicted molar refractivity (Wildman–Crippen MR) is 93.8 cm³/mol. The number of hydrogen-bond donors (Lipinski definition) is 2. The largest absolute Gasteiger partial charge is 0.508 e. The first-order valence-electron chi connectivity index (χ1n) is 9.35. The first kappa shape index (κ1) is 17.9. The van der Waals surface area contributed by atoms with Crippen LogP contribution in [0.2, 0.25) is 0 Å². The zero-order chi connectivity index (χ0) is 19.1. The second kappa shape index (κ2) is 6.94. The predicted octanol–water partition coefficient (Wildman–Crippen LogP) is 0.852. The molecule has 0 radical (unpaired) electrons. The maximum absolute atomic E-state index is 13.2. The molecule has 1 aliphatic carbocycles. The minimum Gasteiger partial charge on any atom is -0.508 e. The fourth-order valence-electron chi connectivity index (χ4n) is 4.52. The highest BCUT2D eigenvalue weighted by molar-refractivity contribution is 6.07. The van der Waals surface area contributed by atoms with Crippen molar-refractivity contribution >= 4 is 17.7 Å². The van der Waals surface area contributed by atoms with Gasteiger partial charge in [-0.25, -0.2) is 0 Å². The summed E-state index contributed by atoms with van der Waals surface area (Å²) >= 11 is 0. The molecule has 0 aromatic heterocycles. The van der Waals surface area contributed by atoms with Gasteiger partial charge in [0.05, 0.1) is 12.0 Å². The molecule has 1 saturated carbocycles. The monoisotopic (exact) mass is 373 g/mol. The van der Waals surface area contributed by atoms with Crippen LogP contribution in [0.3, 0.4) is 0 Å². The van der Waals surface area contributed by atoms with Gasteiger partial charge in [-0.05, 0) is 30.5 Å². The number of rotatable bonds is 4. The van der Waals surface area contributed by atoms with Crippen molar-refractivity contribution in [3.63, 3.8) is 0 Å². The lowest BCUT2D eigenvalue weighted by molar-refractivity contribution is -0.183. The van der Waals surface area contributed by atoms with Crippen LogP contribution in [-0.4, -0.2) is 51.5 Å². The molecule has 3 unspecified atom stereocenters. The van der Waals surface area contributed by atoms with Crippen LogP contribution >= 0.6 is 0 Å².